The van der Waals surface area contributed by atoms with Gasteiger partial charge in [0.05, 0.1) is 11.5 Å². The zero-order chi connectivity index (χ0) is 14.9. The van der Waals surface area contributed by atoms with Gasteiger partial charge in [0.15, 0.2) is 9.84 Å². The Morgan fingerprint density at radius 3 is 2.35 bits per heavy atom. The molecule has 7 heteroatoms. The van der Waals surface area contributed by atoms with Crippen molar-refractivity contribution < 1.29 is 13.2 Å². The second-order valence-electron chi connectivity index (χ2n) is 5.40. The van der Waals surface area contributed by atoms with Crippen molar-refractivity contribution in [3.8, 4) is 0 Å². The van der Waals surface area contributed by atoms with Crippen molar-refractivity contribution >= 4 is 28.2 Å². The summed E-state index contributed by atoms with van der Waals surface area (Å²) in [6.45, 7) is 6.18. The molecule has 0 aliphatic rings. The van der Waals surface area contributed by atoms with Gasteiger partial charge in [0.25, 0.3) is 0 Å². The van der Waals surface area contributed by atoms with Crippen LogP contribution in [0.1, 0.15) is 46.5 Å². The van der Waals surface area contributed by atoms with E-state index in [1.807, 2.05) is 13.8 Å². The number of amides is 1. The van der Waals surface area contributed by atoms with Gasteiger partial charge in [-0.3, -0.25) is 4.79 Å². The molecule has 0 radical (unpaired) electrons. The van der Waals surface area contributed by atoms with Crippen molar-refractivity contribution in [3.63, 3.8) is 0 Å². The molecule has 1 amide bonds. The number of carbonyl (C=O) groups is 1. The van der Waals surface area contributed by atoms with Crippen molar-refractivity contribution in [2.45, 2.75) is 52.5 Å². The minimum atomic E-state index is -3.13. The molecule has 0 spiro atoms. The lowest BCUT2D eigenvalue weighted by atomic mass is 10.1. The number of hydrogen-bond donors (Lipinski definition) is 2. The molecule has 0 fully saturated rings. The monoisotopic (exact) mass is 328 g/mol. The fraction of sp³-hybridized carbons (Fsp3) is 0.923. The Balaban J connectivity index is 0. The molecule has 3 N–H and O–H groups in total. The van der Waals surface area contributed by atoms with Crippen molar-refractivity contribution in [1.82, 2.24) is 5.32 Å². The average Bonchev–Trinajstić information content (AvgIpc) is 2.30. The molecule has 0 bridgehead atoms. The van der Waals surface area contributed by atoms with E-state index in [4.69, 9.17) is 5.73 Å². The molecule has 0 aliphatic heterocycles. The first-order valence-electron chi connectivity index (χ1n) is 7.00. The molecule has 0 aromatic rings. The minimum absolute atomic E-state index is 0. The van der Waals surface area contributed by atoms with Crippen LogP contribution in [-0.2, 0) is 14.6 Å². The molecule has 5 nitrogen and oxygen atoms in total. The van der Waals surface area contributed by atoms with Crippen LogP contribution in [-0.4, -0.2) is 38.4 Å². The van der Waals surface area contributed by atoms with Gasteiger partial charge in [-0.05, 0) is 12.3 Å². The number of halogens is 1. The molecular weight excluding hydrogens is 300 g/mol. The Kier molecular flexibility index (Phi) is 12.5. The third-order valence-corrected chi connectivity index (χ3v) is 4.78. The van der Waals surface area contributed by atoms with E-state index in [1.165, 1.54) is 0 Å². The number of unbranched alkanes of at least 4 members (excludes halogenated alkanes) is 1. The number of hydrogen-bond acceptors (Lipinski definition) is 4. The van der Waals surface area contributed by atoms with Crippen molar-refractivity contribution in [2.75, 3.05) is 18.1 Å². The molecule has 1 unspecified atom stereocenters. The summed E-state index contributed by atoms with van der Waals surface area (Å²) in [5.74, 6) is -0.0771. The summed E-state index contributed by atoms with van der Waals surface area (Å²) >= 11 is 0. The normalized spacial score (nSPS) is 12.8. The van der Waals surface area contributed by atoms with Crippen LogP contribution in [0.5, 0.6) is 0 Å². The number of carbonyl (C=O) groups excluding carboxylic acids is 1. The van der Waals surface area contributed by atoms with Gasteiger partial charge in [0, 0.05) is 19.0 Å². The number of sulfone groups is 1. The van der Waals surface area contributed by atoms with Crippen LogP contribution in [0.15, 0.2) is 0 Å². The lowest BCUT2D eigenvalue weighted by molar-refractivity contribution is -0.121. The summed E-state index contributed by atoms with van der Waals surface area (Å²) in [7, 11) is -3.13. The lowest BCUT2D eigenvalue weighted by Crippen LogP contribution is -2.40. The third-order valence-electron chi connectivity index (χ3n) is 2.78. The summed E-state index contributed by atoms with van der Waals surface area (Å²) in [5.41, 5.74) is 5.58. The third kappa shape index (κ3) is 11.5. The van der Waals surface area contributed by atoms with Gasteiger partial charge >= 0.3 is 0 Å². The van der Waals surface area contributed by atoms with E-state index in [0.717, 1.165) is 19.3 Å². The second kappa shape index (κ2) is 11.3. The number of nitrogens with two attached hydrogens (primary N) is 1. The maximum Gasteiger partial charge on any atom is 0.221 e. The summed E-state index contributed by atoms with van der Waals surface area (Å²) in [5, 5.41) is 2.80. The maximum atomic E-state index is 11.7. The predicted octanol–water partition coefficient (Wildman–Crippen LogP) is 1.50. The average molecular weight is 329 g/mol. The quantitative estimate of drug-likeness (QED) is 0.636. The first kappa shape index (κ1) is 22.0. The van der Waals surface area contributed by atoms with E-state index in [9.17, 15) is 13.2 Å². The number of rotatable bonds is 10. The van der Waals surface area contributed by atoms with E-state index in [-0.39, 0.29) is 48.2 Å². The van der Waals surface area contributed by atoms with E-state index >= 15 is 0 Å². The molecule has 0 aliphatic carbocycles. The van der Waals surface area contributed by atoms with Crippen LogP contribution < -0.4 is 11.1 Å². The molecule has 122 valence electrons. The second-order valence-corrected chi connectivity index (χ2v) is 7.63. The Labute approximate surface area is 129 Å². The van der Waals surface area contributed by atoms with Crippen LogP contribution in [0, 0.1) is 5.92 Å². The summed E-state index contributed by atoms with van der Waals surface area (Å²) in [6, 6.07) is -0.0414. The highest BCUT2D eigenvalue weighted by atomic mass is 35.5. The van der Waals surface area contributed by atoms with E-state index in [1.54, 1.807) is 0 Å². The zero-order valence-corrected chi connectivity index (χ0v) is 14.4. The largest absolute Gasteiger partial charge is 0.352 e. The molecule has 20 heavy (non-hydrogen) atoms. The van der Waals surface area contributed by atoms with Crippen LogP contribution >= 0.6 is 12.4 Å². The molecule has 0 aromatic heterocycles. The Hall–Kier alpha value is -0.330. The molecular formula is C13H29ClN2O3S. The molecule has 1 atom stereocenters. The minimum Gasteiger partial charge on any atom is -0.352 e. The van der Waals surface area contributed by atoms with Crippen LogP contribution in [0.2, 0.25) is 0 Å². The highest BCUT2D eigenvalue weighted by Gasteiger charge is 2.16. The zero-order valence-electron chi connectivity index (χ0n) is 12.7. The van der Waals surface area contributed by atoms with Crippen molar-refractivity contribution in [2.24, 2.45) is 11.7 Å². The predicted molar refractivity (Wildman–Crippen MR) is 85.9 cm³/mol. The Morgan fingerprint density at radius 2 is 1.90 bits per heavy atom. The molecule has 0 heterocycles. The topological polar surface area (TPSA) is 89.3 Å². The molecule has 0 saturated heterocycles. The first-order chi connectivity index (χ1) is 8.80. The highest BCUT2D eigenvalue weighted by Crippen LogP contribution is 2.03. The lowest BCUT2D eigenvalue weighted by Gasteiger charge is -2.16. The van der Waals surface area contributed by atoms with Gasteiger partial charge in [-0.1, -0.05) is 33.6 Å². The van der Waals surface area contributed by atoms with Crippen LogP contribution in [0.4, 0.5) is 0 Å². The standard InChI is InChI=1S/C13H28N2O3S.ClH/c1-4-5-6-12(9-14)15-13(16)7-8-19(17,18)10-11(2)3;/h11-12H,4-10,14H2,1-3H3,(H,15,16);1H. The van der Waals surface area contributed by atoms with Gasteiger partial charge in [0.1, 0.15) is 0 Å². The fourth-order valence-electron chi connectivity index (χ4n) is 1.84. The summed E-state index contributed by atoms with van der Waals surface area (Å²) in [6.07, 6.45) is 2.93. The highest BCUT2D eigenvalue weighted by molar-refractivity contribution is 7.91. The van der Waals surface area contributed by atoms with Crippen LogP contribution in [0.3, 0.4) is 0 Å². The fourth-order valence-corrected chi connectivity index (χ4v) is 3.52. The summed E-state index contributed by atoms with van der Waals surface area (Å²) < 4.78 is 23.3. The van der Waals surface area contributed by atoms with E-state index in [2.05, 4.69) is 12.2 Å². The maximum absolute atomic E-state index is 11.7. The van der Waals surface area contributed by atoms with Crippen LogP contribution in [0.25, 0.3) is 0 Å². The van der Waals surface area contributed by atoms with E-state index in [0.29, 0.717) is 6.54 Å². The van der Waals surface area contributed by atoms with Gasteiger partial charge in [0.2, 0.25) is 5.91 Å². The van der Waals surface area contributed by atoms with Gasteiger partial charge < -0.3 is 11.1 Å². The van der Waals surface area contributed by atoms with E-state index < -0.39 is 9.84 Å². The Bertz CT molecular complexity index is 359. The molecule has 0 rings (SSSR count). The van der Waals surface area contributed by atoms with Crippen molar-refractivity contribution in [1.29, 1.82) is 0 Å². The summed E-state index contributed by atoms with van der Waals surface area (Å²) in [4.78, 5) is 11.7. The van der Waals surface area contributed by atoms with Gasteiger partial charge in [-0.25, -0.2) is 8.42 Å². The smallest absolute Gasteiger partial charge is 0.221 e. The molecule has 0 aromatic carbocycles. The van der Waals surface area contributed by atoms with Gasteiger partial charge in [-0.2, -0.15) is 0 Å². The molecule has 0 saturated carbocycles. The SMILES string of the molecule is CCCCC(CN)NC(=O)CCS(=O)(=O)CC(C)C.Cl. The van der Waals surface area contributed by atoms with Gasteiger partial charge in [-0.15, -0.1) is 12.4 Å². The first-order valence-corrected chi connectivity index (χ1v) is 8.82. The Morgan fingerprint density at radius 1 is 1.30 bits per heavy atom. The van der Waals surface area contributed by atoms with Crippen molar-refractivity contribution in [3.05, 3.63) is 0 Å². The number of nitrogens with one attached hydrogen (secondary N) is 1.